The molecule has 1 N–H and O–H groups in total. The second kappa shape index (κ2) is 5.04. The number of hydrogen-bond acceptors (Lipinski definition) is 5. The number of hydrogen-bond donors (Lipinski definition) is 1. The molecule has 2 heterocycles. The van der Waals surface area contributed by atoms with E-state index in [0.29, 0.717) is 28.3 Å². The smallest absolute Gasteiger partial charge is 0.272 e. The number of hydrazine groups is 1. The number of fused-ring (bicyclic) bond motifs is 1. The van der Waals surface area contributed by atoms with Crippen LogP contribution in [0, 0.1) is 0 Å². The minimum absolute atomic E-state index is 0.106. The monoisotopic (exact) mass is 291 g/mol. The summed E-state index contributed by atoms with van der Waals surface area (Å²) in [4.78, 5) is 12.6. The van der Waals surface area contributed by atoms with E-state index in [2.05, 4.69) is 20.3 Å². The third-order valence-corrected chi connectivity index (χ3v) is 3.63. The Labute approximate surface area is 120 Å². The van der Waals surface area contributed by atoms with Gasteiger partial charge in [-0.3, -0.25) is 9.80 Å². The van der Waals surface area contributed by atoms with Gasteiger partial charge in [0.2, 0.25) is 0 Å². The van der Waals surface area contributed by atoms with Gasteiger partial charge in [-0.05, 0) is 47.2 Å². The molecule has 7 nitrogen and oxygen atoms in total. The van der Waals surface area contributed by atoms with Gasteiger partial charge in [0.05, 0.1) is 0 Å². The van der Waals surface area contributed by atoms with Crippen molar-refractivity contribution in [3.63, 3.8) is 0 Å². The number of carbonyl (C=O) groups is 1. The standard InChI is InChI=1S/C12H13N5O2S/c1-13-12(20)17-6-2-5-16(17)11(18)8-3-4-9-10(7-8)15-19-14-9/h3-4,7H,2,5-6H2,1H3,(H,13,20). The van der Waals surface area contributed by atoms with Gasteiger partial charge in [0.15, 0.2) is 5.11 Å². The molecule has 0 spiro atoms. The fraction of sp³-hybridized carbons (Fsp3) is 0.333. The molecule has 0 saturated carbocycles. The van der Waals surface area contributed by atoms with Crippen molar-refractivity contribution in [2.45, 2.75) is 6.42 Å². The van der Waals surface area contributed by atoms with Crippen molar-refractivity contribution in [3.05, 3.63) is 23.8 Å². The van der Waals surface area contributed by atoms with E-state index >= 15 is 0 Å². The molecule has 0 unspecified atom stereocenters. The summed E-state index contributed by atoms with van der Waals surface area (Å²) in [6.07, 6.45) is 0.890. The maximum absolute atomic E-state index is 12.6. The highest BCUT2D eigenvalue weighted by atomic mass is 32.1. The lowest BCUT2D eigenvalue weighted by molar-refractivity contribution is 0.0493. The zero-order valence-corrected chi connectivity index (χ0v) is 11.7. The Morgan fingerprint density at radius 2 is 2.05 bits per heavy atom. The number of aromatic nitrogens is 2. The number of benzene rings is 1. The summed E-state index contributed by atoms with van der Waals surface area (Å²) in [5.74, 6) is -0.106. The average Bonchev–Trinajstić information content (AvgIpc) is 3.13. The van der Waals surface area contributed by atoms with Crippen LogP contribution in [0.3, 0.4) is 0 Å². The minimum Gasteiger partial charge on any atom is -0.364 e. The van der Waals surface area contributed by atoms with E-state index in [1.165, 1.54) is 0 Å². The molecule has 1 amide bonds. The molecule has 0 radical (unpaired) electrons. The lowest BCUT2D eigenvalue weighted by Gasteiger charge is -2.29. The summed E-state index contributed by atoms with van der Waals surface area (Å²) >= 11 is 5.21. The highest BCUT2D eigenvalue weighted by Gasteiger charge is 2.29. The van der Waals surface area contributed by atoms with E-state index in [4.69, 9.17) is 12.2 Å². The van der Waals surface area contributed by atoms with Crippen molar-refractivity contribution in [2.75, 3.05) is 20.1 Å². The molecule has 1 aliphatic rings. The molecule has 0 bridgehead atoms. The number of nitrogens with one attached hydrogen (secondary N) is 1. The van der Waals surface area contributed by atoms with Crippen LogP contribution < -0.4 is 5.32 Å². The second-order valence-corrected chi connectivity index (χ2v) is 4.81. The molecule has 3 rings (SSSR count). The highest BCUT2D eigenvalue weighted by Crippen LogP contribution is 2.18. The molecular weight excluding hydrogens is 278 g/mol. The molecule has 8 heteroatoms. The van der Waals surface area contributed by atoms with Gasteiger partial charge in [-0.15, -0.1) is 0 Å². The minimum atomic E-state index is -0.106. The van der Waals surface area contributed by atoms with Crippen LogP contribution in [0.5, 0.6) is 0 Å². The highest BCUT2D eigenvalue weighted by molar-refractivity contribution is 7.80. The van der Waals surface area contributed by atoms with Gasteiger partial charge in [0, 0.05) is 25.7 Å². The van der Waals surface area contributed by atoms with Crippen LogP contribution >= 0.6 is 12.2 Å². The fourth-order valence-corrected chi connectivity index (χ4v) is 2.42. The largest absolute Gasteiger partial charge is 0.364 e. The molecule has 1 aliphatic heterocycles. The molecule has 2 aromatic rings. The Morgan fingerprint density at radius 3 is 2.85 bits per heavy atom. The van der Waals surface area contributed by atoms with Crippen molar-refractivity contribution < 1.29 is 9.42 Å². The molecule has 104 valence electrons. The van der Waals surface area contributed by atoms with E-state index in [0.717, 1.165) is 13.0 Å². The first kappa shape index (κ1) is 12.8. The molecule has 1 saturated heterocycles. The Hall–Kier alpha value is -2.22. The predicted octanol–water partition coefficient (Wildman–Crippen LogP) is 0.790. The quantitative estimate of drug-likeness (QED) is 0.779. The maximum atomic E-state index is 12.6. The zero-order chi connectivity index (χ0) is 14.1. The molecule has 0 atom stereocenters. The topological polar surface area (TPSA) is 74.5 Å². The second-order valence-electron chi connectivity index (χ2n) is 4.43. The van der Waals surface area contributed by atoms with Crippen LogP contribution in [-0.2, 0) is 0 Å². The van der Waals surface area contributed by atoms with Crippen LogP contribution in [0.1, 0.15) is 16.8 Å². The number of carbonyl (C=O) groups excluding carboxylic acids is 1. The lowest BCUT2D eigenvalue weighted by Crippen LogP contribution is -2.48. The first-order valence-corrected chi connectivity index (χ1v) is 6.65. The number of rotatable bonds is 1. The zero-order valence-electron chi connectivity index (χ0n) is 10.9. The van der Waals surface area contributed by atoms with Gasteiger partial charge in [-0.2, -0.15) is 0 Å². The molecule has 1 aromatic heterocycles. The van der Waals surface area contributed by atoms with Crippen LogP contribution in [-0.4, -0.2) is 51.5 Å². The molecule has 1 aromatic carbocycles. The van der Waals surface area contributed by atoms with Crippen LogP contribution in [0.25, 0.3) is 11.0 Å². The van der Waals surface area contributed by atoms with Crippen molar-refractivity contribution in [1.82, 2.24) is 25.6 Å². The SMILES string of the molecule is CNC(=S)N1CCCN1C(=O)c1ccc2nonc2c1. The predicted molar refractivity (Wildman–Crippen MR) is 75.8 cm³/mol. The summed E-state index contributed by atoms with van der Waals surface area (Å²) < 4.78 is 4.64. The van der Waals surface area contributed by atoms with Gasteiger partial charge in [0.1, 0.15) is 11.0 Å². The Kier molecular flexibility index (Phi) is 3.23. The van der Waals surface area contributed by atoms with E-state index < -0.39 is 0 Å². The van der Waals surface area contributed by atoms with Gasteiger partial charge in [-0.1, -0.05) is 0 Å². The van der Waals surface area contributed by atoms with Crippen molar-refractivity contribution in [1.29, 1.82) is 0 Å². The van der Waals surface area contributed by atoms with Crippen molar-refractivity contribution in [2.24, 2.45) is 0 Å². The first-order chi connectivity index (χ1) is 9.70. The van der Waals surface area contributed by atoms with Crippen LogP contribution in [0.4, 0.5) is 0 Å². The van der Waals surface area contributed by atoms with E-state index in [1.54, 1.807) is 35.3 Å². The lowest BCUT2D eigenvalue weighted by atomic mass is 10.2. The third kappa shape index (κ3) is 2.07. The number of nitrogens with zero attached hydrogens (tertiary/aromatic N) is 4. The summed E-state index contributed by atoms with van der Waals surface area (Å²) in [5, 5.41) is 14.3. The molecule has 1 fully saturated rings. The molecule has 0 aliphatic carbocycles. The Balaban J connectivity index is 1.89. The Morgan fingerprint density at radius 1 is 1.30 bits per heavy atom. The van der Waals surface area contributed by atoms with Gasteiger partial charge < -0.3 is 5.32 Å². The maximum Gasteiger partial charge on any atom is 0.272 e. The summed E-state index contributed by atoms with van der Waals surface area (Å²) in [6.45, 7) is 1.38. The van der Waals surface area contributed by atoms with Gasteiger partial charge in [-0.25, -0.2) is 9.64 Å². The average molecular weight is 291 g/mol. The third-order valence-electron chi connectivity index (χ3n) is 3.21. The summed E-state index contributed by atoms with van der Waals surface area (Å²) in [7, 11) is 1.75. The molecule has 20 heavy (non-hydrogen) atoms. The summed E-state index contributed by atoms with van der Waals surface area (Å²) in [6, 6.07) is 5.11. The van der Waals surface area contributed by atoms with Gasteiger partial charge in [0.25, 0.3) is 5.91 Å². The van der Waals surface area contributed by atoms with Crippen molar-refractivity contribution >= 4 is 34.3 Å². The summed E-state index contributed by atoms with van der Waals surface area (Å²) in [5.41, 5.74) is 1.74. The van der Waals surface area contributed by atoms with Gasteiger partial charge >= 0.3 is 0 Å². The number of amides is 1. The van der Waals surface area contributed by atoms with Crippen LogP contribution in [0.15, 0.2) is 22.8 Å². The van der Waals surface area contributed by atoms with Crippen molar-refractivity contribution in [3.8, 4) is 0 Å². The Bertz CT molecular complexity index is 671. The van der Waals surface area contributed by atoms with E-state index in [9.17, 15) is 4.79 Å². The molecular formula is C12H13N5O2S. The van der Waals surface area contributed by atoms with E-state index in [1.807, 2.05) is 0 Å². The van der Waals surface area contributed by atoms with E-state index in [-0.39, 0.29) is 5.91 Å². The first-order valence-electron chi connectivity index (χ1n) is 6.24. The number of thiocarbonyl (C=S) groups is 1. The van der Waals surface area contributed by atoms with Crippen LogP contribution in [0.2, 0.25) is 0 Å². The normalized spacial score (nSPS) is 14.8. The fourth-order valence-electron chi connectivity index (χ4n) is 2.23.